The number of aromatic nitrogens is 1. The first-order valence-electron chi connectivity index (χ1n) is 9.42. The van der Waals surface area contributed by atoms with Crippen LogP contribution in [0, 0.1) is 5.82 Å². The van der Waals surface area contributed by atoms with Crippen LogP contribution in [-0.4, -0.2) is 46.2 Å². The second-order valence-electron chi connectivity index (χ2n) is 7.26. The molecule has 1 aliphatic carbocycles. The molecule has 3 rings (SSSR count). The third-order valence-corrected chi connectivity index (χ3v) is 5.05. The summed E-state index contributed by atoms with van der Waals surface area (Å²) >= 11 is 1.23. The first-order chi connectivity index (χ1) is 13.8. The van der Waals surface area contributed by atoms with E-state index in [1.54, 1.807) is 5.38 Å². The number of amides is 3. The fourth-order valence-corrected chi connectivity index (χ4v) is 3.53. The van der Waals surface area contributed by atoms with Gasteiger partial charge in [0.25, 0.3) is 5.91 Å². The number of carbonyl (C=O) groups is 3. The Balaban J connectivity index is 1.58. The van der Waals surface area contributed by atoms with E-state index in [1.807, 2.05) is 13.8 Å². The monoisotopic (exact) mass is 418 g/mol. The van der Waals surface area contributed by atoms with Gasteiger partial charge in [-0.25, -0.2) is 9.37 Å². The van der Waals surface area contributed by atoms with Crippen molar-refractivity contribution in [3.8, 4) is 0 Å². The molecule has 154 valence electrons. The van der Waals surface area contributed by atoms with Crippen molar-refractivity contribution < 1.29 is 18.8 Å². The van der Waals surface area contributed by atoms with Gasteiger partial charge >= 0.3 is 0 Å². The van der Waals surface area contributed by atoms with Gasteiger partial charge in [0.05, 0.1) is 12.1 Å². The largest absolute Gasteiger partial charge is 0.354 e. The molecule has 0 saturated heterocycles. The zero-order valence-electron chi connectivity index (χ0n) is 16.3. The van der Waals surface area contributed by atoms with Crippen LogP contribution < -0.4 is 10.6 Å². The van der Waals surface area contributed by atoms with E-state index in [1.165, 1.54) is 40.5 Å². The number of thiazole rings is 1. The lowest BCUT2D eigenvalue weighted by molar-refractivity contribution is -0.121. The summed E-state index contributed by atoms with van der Waals surface area (Å²) in [5.41, 5.74) is 0.920. The second kappa shape index (κ2) is 9.13. The maximum atomic E-state index is 13.1. The highest BCUT2D eigenvalue weighted by Gasteiger charge is 2.34. The molecule has 1 aliphatic rings. The van der Waals surface area contributed by atoms with Gasteiger partial charge in [0.15, 0.2) is 5.13 Å². The fraction of sp³-hybridized carbons (Fsp3) is 0.400. The van der Waals surface area contributed by atoms with Crippen LogP contribution in [0.4, 0.5) is 9.52 Å². The number of carbonyl (C=O) groups excluding carboxylic acids is 3. The average Bonchev–Trinajstić information content (AvgIpc) is 3.40. The molecular weight excluding hydrogens is 395 g/mol. The molecule has 1 aromatic carbocycles. The number of rotatable bonds is 8. The third kappa shape index (κ3) is 6.08. The van der Waals surface area contributed by atoms with Crippen LogP contribution in [0.5, 0.6) is 0 Å². The lowest BCUT2D eigenvalue weighted by Crippen LogP contribution is -2.39. The van der Waals surface area contributed by atoms with Gasteiger partial charge in [-0.2, -0.15) is 0 Å². The Kier molecular flexibility index (Phi) is 6.58. The highest BCUT2D eigenvalue weighted by atomic mass is 32.1. The predicted molar refractivity (Wildman–Crippen MR) is 108 cm³/mol. The average molecular weight is 418 g/mol. The van der Waals surface area contributed by atoms with Crippen LogP contribution in [0.25, 0.3) is 0 Å². The fourth-order valence-electron chi connectivity index (χ4n) is 2.81. The topological polar surface area (TPSA) is 91.4 Å². The summed E-state index contributed by atoms with van der Waals surface area (Å²) in [5.74, 6) is -1.21. The Morgan fingerprint density at radius 2 is 1.90 bits per heavy atom. The first-order valence-corrected chi connectivity index (χ1v) is 10.3. The van der Waals surface area contributed by atoms with E-state index < -0.39 is 5.82 Å². The zero-order valence-corrected chi connectivity index (χ0v) is 17.1. The molecule has 29 heavy (non-hydrogen) atoms. The lowest BCUT2D eigenvalue weighted by atomic mass is 10.2. The van der Waals surface area contributed by atoms with Gasteiger partial charge in [-0.1, -0.05) is 0 Å². The van der Waals surface area contributed by atoms with Gasteiger partial charge in [0.1, 0.15) is 12.4 Å². The molecule has 2 N–H and O–H groups in total. The lowest BCUT2D eigenvalue weighted by Gasteiger charge is -2.21. The molecule has 2 aromatic rings. The Bertz CT molecular complexity index is 893. The molecule has 1 heterocycles. The predicted octanol–water partition coefficient (Wildman–Crippen LogP) is 2.59. The highest BCUT2D eigenvalue weighted by Crippen LogP contribution is 2.28. The smallest absolute Gasteiger partial charge is 0.254 e. The molecule has 0 aliphatic heterocycles. The summed E-state index contributed by atoms with van der Waals surface area (Å²) < 4.78 is 13.1. The van der Waals surface area contributed by atoms with E-state index in [9.17, 15) is 18.8 Å². The molecule has 3 amide bonds. The first kappa shape index (κ1) is 20.9. The van der Waals surface area contributed by atoms with Crippen molar-refractivity contribution in [3.05, 3.63) is 46.7 Å². The van der Waals surface area contributed by atoms with Gasteiger partial charge in [0.2, 0.25) is 11.8 Å². The maximum absolute atomic E-state index is 13.1. The van der Waals surface area contributed by atoms with Gasteiger partial charge in [-0.3, -0.25) is 14.4 Å². The van der Waals surface area contributed by atoms with Gasteiger partial charge < -0.3 is 15.5 Å². The Morgan fingerprint density at radius 1 is 1.21 bits per heavy atom. The molecule has 9 heteroatoms. The molecule has 0 atom stereocenters. The van der Waals surface area contributed by atoms with Crippen molar-refractivity contribution >= 4 is 34.2 Å². The van der Waals surface area contributed by atoms with Crippen LogP contribution in [0.3, 0.4) is 0 Å². The van der Waals surface area contributed by atoms with Crippen molar-refractivity contribution in [1.29, 1.82) is 0 Å². The van der Waals surface area contributed by atoms with Gasteiger partial charge in [-0.05, 0) is 51.0 Å². The number of nitrogens with one attached hydrogen (secondary N) is 2. The van der Waals surface area contributed by atoms with Crippen LogP contribution in [0.15, 0.2) is 29.6 Å². The summed E-state index contributed by atoms with van der Waals surface area (Å²) in [7, 11) is 0. The highest BCUT2D eigenvalue weighted by molar-refractivity contribution is 7.13. The third-order valence-electron chi connectivity index (χ3n) is 4.24. The maximum Gasteiger partial charge on any atom is 0.254 e. The Labute approximate surface area is 172 Å². The van der Waals surface area contributed by atoms with E-state index in [0.29, 0.717) is 16.4 Å². The molecular formula is C20H23FN4O3S. The summed E-state index contributed by atoms with van der Waals surface area (Å²) in [6.07, 6.45) is 1.82. The summed E-state index contributed by atoms with van der Waals surface area (Å²) in [6.45, 7) is 3.65. The van der Waals surface area contributed by atoms with E-state index in [-0.39, 0.29) is 42.8 Å². The SMILES string of the molecule is CC(C)NC(=O)Cc1csc(NC(=O)CN(C(=O)c2ccc(F)cc2)C2CC2)n1. The van der Waals surface area contributed by atoms with Crippen LogP contribution in [0.1, 0.15) is 42.7 Å². The summed E-state index contributed by atoms with van der Waals surface area (Å²) in [5, 5.41) is 7.58. The van der Waals surface area contributed by atoms with Gasteiger partial charge in [-0.15, -0.1) is 11.3 Å². The number of nitrogens with zero attached hydrogens (tertiary/aromatic N) is 2. The minimum Gasteiger partial charge on any atom is -0.354 e. The second-order valence-corrected chi connectivity index (χ2v) is 8.12. The minimum absolute atomic E-state index is 0.0184. The van der Waals surface area contributed by atoms with E-state index in [4.69, 9.17) is 0 Å². The van der Waals surface area contributed by atoms with E-state index >= 15 is 0 Å². The Hall–Kier alpha value is -2.81. The minimum atomic E-state index is -0.418. The molecule has 0 unspecified atom stereocenters. The quantitative estimate of drug-likeness (QED) is 0.689. The molecule has 1 fully saturated rings. The van der Waals surface area contributed by atoms with Crippen molar-refractivity contribution in [2.75, 3.05) is 11.9 Å². The van der Waals surface area contributed by atoms with Gasteiger partial charge in [0, 0.05) is 23.0 Å². The molecule has 0 bridgehead atoms. The van der Waals surface area contributed by atoms with E-state index in [2.05, 4.69) is 15.6 Å². The van der Waals surface area contributed by atoms with Crippen molar-refractivity contribution in [3.63, 3.8) is 0 Å². The molecule has 1 saturated carbocycles. The zero-order chi connectivity index (χ0) is 21.0. The summed E-state index contributed by atoms with van der Waals surface area (Å²) in [4.78, 5) is 42.7. The van der Waals surface area contributed by atoms with Crippen molar-refractivity contribution in [2.45, 2.75) is 45.2 Å². The van der Waals surface area contributed by atoms with Crippen molar-refractivity contribution in [2.24, 2.45) is 0 Å². The Morgan fingerprint density at radius 3 is 2.52 bits per heavy atom. The number of hydrogen-bond donors (Lipinski definition) is 2. The summed E-state index contributed by atoms with van der Waals surface area (Å²) in [6, 6.07) is 5.35. The standard InChI is InChI=1S/C20H23FN4O3S/c1-12(2)22-17(26)9-15-11-29-20(23-15)24-18(27)10-25(16-7-8-16)19(28)13-3-5-14(21)6-4-13/h3-6,11-12,16H,7-10H2,1-2H3,(H,22,26)(H,23,24,27). The molecule has 1 aromatic heterocycles. The normalized spacial score (nSPS) is 13.2. The number of anilines is 1. The van der Waals surface area contributed by atoms with Crippen LogP contribution >= 0.6 is 11.3 Å². The van der Waals surface area contributed by atoms with Crippen LogP contribution in [-0.2, 0) is 16.0 Å². The van der Waals surface area contributed by atoms with Crippen LogP contribution in [0.2, 0.25) is 0 Å². The van der Waals surface area contributed by atoms with Crippen molar-refractivity contribution in [1.82, 2.24) is 15.2 Å². The van der Waals surface area contributed by atoms with E-state index in [0.717, 1.165) is 12.8 Å². The molecule has 0 spiro atoms. The molecule has 7 nitrogen and oxygen atoms in total. The number of benzene rings is 1. The number of halogens is 1. The number of hydrogen-bond acceptors (Lipinski definition) is 5. The molecule has 0 radical (unpaired) electrons.